The molecule has 1 unspecified atom stereocenters. The van der Waals surface area contributed by atoms with Crippen LogP contribution >= 0.6 is 0 Å². The Balaban J connectivity index is 4.48. The monoisotopic (exact) mass is 180 g/mol. The molecule has 0 fully saturated rings. The summed E-state index contributed by atoms with van der Waals surface area (Å²) in [4.78, 5) is 0. The highest BCUT2D eigenvalue weighted by molar-refractivity contribution is 4.91. The summed E-state index contributed by atoms with van der Waals surface area (Å²) in [5.74, 6) is -3.29. The van der Waals surface area contributed by atoms with Crippen molar-refractivity contribution in [2.45, 2.75) is 39.3 Å². The molecule has 0 rings (SSSR count). The van der Waals surface area contributed by atoms with Crippen LogP contribution in [0.25, 0.3) is 0 Å². The smallest absolute Gasteiger partial charge is 0.240 e. The number of hydrogen-bond donors (Lipinski definition) is 0. The SMILES string of the molecule is C=CCC(F)C(F)(F)C(C)(C)C. The highest BCUT2D eigenvalue weighted by Gasteiger charge is 2.49. The van der Waals surface area contributed by atoms with Crippen molar-refractivity contribution in [1.29, 1.82) is 0 Å². The summed E-state index contributed by atoms with van der Waals surface area (Å²) in [5, 5.41) is 0. The van der Waals surface area contributed by atoms with Crippen molar-refractivity contribution < 1.29 is 13.2 Å². The first kappa shape index (κ1) is 11.5. The maximum Gasteiger partial charge on any atom is 0.283 e. The fourth-order valence-corrected chi connectivity index (χ4v) is 0.764. The number of allylic oxidation sites excluding steroid dienone is 1. The molecule has 0 bridgehead atoms. The largest absolute Gasteiger partial charge is 0.283 e. The maximum absolute atomic E-state index is 13.1. The summed E-state index contributed by atoms with van der Waals surface area (Å²) in [6.45, 7) is 7.19. The molecule has 0 saturated carbocycles. The lowest BCUT2D eigenvalue weighted by atomic mass is 9.84. The van der Waals surface area contributed by atoms with Gasteiger partial charge in [-0.05, 0) is 0 Å². The van der Waals surface area contributed by atoms with E-state index in [1.807, 2.05) is 0 Å². The minimum absolute atomic E-state index is 0.301. The fourth-order valence-electron chi connectivity index (χ4n) is 0.764. The van der Waals surface area contributed by atoms with Gasteiger partial charge in [-0.2, -0.15) is 0 Å². The minimum atomic E-state index is -3.29. The van der Waals surface area contributed by atoms with Crippen molar-refractivity contribution in [1.82, 2.24) is 0 Å². The van der Waals surface area contributed by atoms with E-state index < -0.39 is 17.5 Å². The Kier molecular flexibility index (Phi) is 3.36. The van der Waals surface area contributed by atoms with Gasteiger partial charge in [0, 0.05) is 11.8 Å². The molecule has 0 heterocycles. The minimum Gasteiger partial charge on any atom is -0.240 e. The normalized spacial score (nSPS) is 15.8. The van der Waals surface area contributed by atoms with E-state index >= 15 is 0 Å². The van der Waals surface area contributed by atoms with Crippen LogP contribution in [0, 0.1) is 5.41 Å². The average Bonchev–Trinajstić information content (AvgIpc) is 1.85. The molecule has 1 atom stereocenters. The molecular formula is C9H15F3. The first-order chi connectivity index (χ1) is 5.23. The Labute approximate surface area is 71.5 Å². The predicted octanol–water partition coefficient (Wildman–Crippen LogP) is 3.58. The first-order valence-corrected chi connectivity index (χ1v) is 3.86. The van der Waals surface area contributed by atoms with Gasteiger partial charge in [0.1, 0.15) is 0 Å². The van der Waals surface area contributed by atoms with E-state index in [9.17, 15) is 13.2 Å². The molecule has 12 heavy (non-hydrogen) atoms. The molecule has 0 radical (unpaired) electrons. The fraction of sp³-hybridized carbons (Fsp3) is 0.778. The van der Waals surface area contributed by atoms with E-state index in [1.165, 1.54) is 26.8 Å². The zero-order valence-corrected chi connectivity index (χ0v) is 7.70. The third-order valence-electron chi connectivity index (χ3n) is 1.77. The van der Waals surface area contributed by atoms with E-state index in [-0.39, 0.29) is 6.42 Å². The lowest BCUT2D eigenvalue weighted by Crippen LogP contribution is -2.42. The van der Waals surface area contributed by atoms with Gasteiger partial charge in [0.2, 0.25) is 0 Å². The van der Waals surface area contributed by atoms with Gasteiger partial charge in [-0.1, -0.05) is 26.8 Å². The van der Waals surface area contributed by atoms with E-state index in [0.29, 0.717) is 0 Å². The Bertz CT molecular complexity index is 156. The van der Waals surface area contributed by atoms with Gasteiger partial charge in [-0.3, -0.25) is 0 Å². The summed E-state index contributed by atoms with van der Waals surface area (Å²) in [6.07, 6.45) is -1.26. The van der Waals surface area contributed by atoms with Gasteiger partial charge in [0.05, 0.1) is 0 Å². The number of rotatable bonds is 3. The van der Waals surface area contributed by atoms with E-state index in [1.54, 1.807) is 0 Å². The van der Waals surface area contributed by atoms with Crippen LogP contribution in [0.1, 0.15) is 27.2 Å². The van der Waals surface area contributed by atoms with Gasteiger partial charge in [0.15, 0.2) is 6.17 Å². The Morgan fingerprint density at radius 3 is 2.00 bits per heavy atom. The van der Waals surface area contributed by atoms with Gasteiger partial charge in [-0.25, -0.2) is 13.2 Å². The third-order valence-corrected chi connectivity index (χ3v) is 1.77. The highest BCUT2D eigenvalue weighted by Crippen LogP contribution is 2.40. The summed E-state index contributed by atoms with van der Waals surface area (Å²) >= 11 is 0. The van der Waals surface area contributed by atoms with Crippen molar-refractivity contribution in [2.24, 2.45) is 5.41 Å². The van der Waals surface area contributed by atoms with Crippen LogP contribution in [0.5, 0.6) is 0 Å². The molecule has 0 spiro atoms. The third kappa shape index (κ3) is 2.26. The van der Waals surface area contributed by atoms with Gasteiger partial charge < -0.3 is 0 Å². The van der Waals surface area contributed by atoms with E-state index in [4.69, 9.17) is 0 Å². The van der Waals surface area contributed by atoms with Crippen LogP contribution in [-0.4, -0.2) is 12.1 Å². The number of hydrogen-bond acceptors (Lipinski definition) is 0. The molecule has 0 aromatic heterocycles. The van der Waals surface area contributed by atoms with Crippen LogP contribution in [0.15, 0.2) is 12.7 Å². The van der Waals surface area contributed by atoms with Crippen molar-refractivity contribution >= 4 is 0 Å². The topological polar surface area (TPSA) is 0 Å². The molecule has 0 amide bonds. The lowest BCUT2D eigenvalue weighted by Gasteiger charge is -2.32. The van der Waals surface area contributed by atoms with Gasteiger partial charge in [-0.15, -0.1) is 6.58 Å². The molecule has 0 saturated heterocycles. The molecule has 72 valence electrons. The Morgan fingerprint density at radius 2 is 1.75 bits per heavy atom. The zero-order chi connectivity index (χ0) is 9.99. The van der Waals surface area contributed by atoms with Crippen molar-refractivity contribution in [2.75, 3.05) is 0 Å². The van der Waals surface area contributed by atoms with Crippen molar-refractivity contribution in [3.8, 4) is 0 Å². The first-order valence-electron chi connectivity index (χ1n) is 3.86. The molecule has 0 aliphatic carbocycles. The number of alkyl halides is 3. The predicted molar refractivity (Wildman–Crippen MR) is 44.1 cm³/mol. The van der Waals surface area contributed by atoms with Crippen LogP contribution in [-0.2, 0) is 0 Å². The lowest BCUT2D eigenvalue weighted by molar-refractivity contribution is -0.148. The molecule has 0 nitrogen and oxygen atoms in total. The van der Waals surface area contributed by atoms with Crippen LogP contribution in [0.2, 0.25) is 0 Å². The Morgan fingerprint density at radius 1 is 1.33 bits per heavy atom. The summed E-state index contributed by atoms with van der Waals surface area (Å²) in [7, 11) is 0. The van der Waals surface area contributed by atoms with Crippen LogP contribution in [0.4, 0.5) is 13.2 Å². The van der Waals surface area contributed by atoms with Crippen molar-refractivity contribution in [3.05, 3.63) is 12.7 Å². The summed E-state index contributed by atoms with van der Waals surface area (Å²) < 4.78 is 39.0. The quantitative estimate of drug-likeness (QED) is 0.582. The molecule has 3 heteroatoms. The molecule has 0 aromatic carbocycles. The standard InChI is InChI=1S/C9H15F3/c1-5-6-7(10)9(11,12)8(2,3)4/h5,7H,1,6H2,2-4H3. The summed E-state index contributed by atoms with van der Waals surface area (Å²) in [5.41, 5.74) is -1.34. The molecule has 0 aliphatic heterocycles. The second-order valence-electron chi connectivity index (χ2n) is 3.86. The van der Waals surface area contributed by atoms with E-state index in [2.05, 4.69) is 6.58 Å². The van der Waals surface area contributed by atoms with Crippen molar-refractivity contribution in [3.63, 3.8) is 0 Å². The molecule has 0 aromatic rings. The Hall–Kier alpha value is -0.470. The number of halogens is 3. The molecule has 0 aliphatic rings. The van der Waals surface area contributed by atoms with E-state index in [0.717, 1.165) is 0 Å². The molecular weight excluding hydrogens is 165 g/mol. The highest BCUT2D eigenvalue weighted by atomic mass is 19.3. The average molecular weight is 180 g/mol. The maximum atomic E-state index is 13.1. The molecule has 0 N–H and O–H groups in total. The van der Waals surface area contributed by atoms with Gasteiger partial charge >= 0.3 is 0 Å². The second-order valence-corrected chi connectivity index (χ2v) is 3.86. The van der Waals surface area contributed by atoms with Crippen LogP contribution in [0.3, 0.4) is 0 Å². The zero-order valence-electron chi connectivity index (χ0n) is 7.70. The second kappa shape index (κ2) is 3.50. The van der Waals surface area contributed by atoms with Crippen LogP contribution < -0.4 is 0 Å². The van der Waals surface area contributed by atoms with Gasteiger partial charge in [0.25, 0.3) is 5.92 Å². The summed E-state index contributed by atoms with van der Waals surface area (Å²) in [6, 6.07) is 0.